The molecule has 0 heterocycles. The smallest absolute Gasteiger partial charge is 0.335 e. The molecule has 0 aliphatic rings. The molecule has 1 aromatic rings. The fourth-order valence-electron chi connectivity index (χ4n) is 1.57. The molecule has 0 atom stereocenters. The third kappa shape index (κ3) is 4.25. The molecule has 0 aromatic heterocycles. The maximum atomic E-state index is 10.7. The number of benzene rings is 1. The molecule has 0 amide bonds. The van der Waals surface area contributed by atoms with Gasteiger partial charge in [-0.05, 0) is 24.2 Å². The van der Waals surface area contributed by atoms with Crippen molar-refractivity contribution in [3.8, 4) is 6.07 Å². The monoisotopic (exact) mass is 232 g/mol. The lowest BCUT2D eigenvalue weighted by Gasteiger charge is -2.18. The van der Waals surface area contributed by atoms with E-state index in [0.29, 0.717) is 12.0 Å². The van der Waals surface area contributed by atoms with Gasteiger partial charge in [-0.15, -0.1) is 0 Å². The third-order valence-electron chi connectivity index (χ3n) is 2.59. The summed E-state index contributed by atoms with van der Waals surface area (Å²) in [6.45, 7) is 4.41. The zero-order valence-corrected chi connectivity index (χ0v) is 9.89. The summed E-state index contributed by atoms with van der Waals surface area (Å²) in [4.78, 5) is 12.8. The number of carboxylic acids is 1. The molecule has 90 valence electrons. The highest BCUT2D eigenvalue weighted by atomic mass is 16.4. The van der Waals surface area contributed by atoms with Gasteiger partial charge in [0.25, 0.3) is 0 Å². The summed E-state index contributed by atoms with van der Waals surface area (Å²) in [5.74, 6) is -0.909. The summed E-state index contributed by atoms with van der Waals surface area (Å²) in [7, 11) is 0. The summed E-state index contributed by atoms with van der Waals surface area (Å²) in [6.07, 6.45) is 0.515. The van der Waals surface area contributed by atoms with E-state index in [4.69, 9.17) is 10.4 Å². The first-order valence-corrected chi connectivity index (χ1v) is 5.59. The molecule has 0 saturated carbocycles. The van der Waals surface area contributed by atoms with Crippen molar-refractivity contribution in [3.05, 3.63) is 35.4 Å². The van der Waals surface area contributed by atoms with Crippen LogP contribution in [0.5, 0.6) is 0 Å². The average molecular weight is 232 g/mol. The molecule has 17 heavy (non-hydrogen) atoms. The molecular weight excluding hydrogens is 216 g/mol. The number of hydrogen-bond acceptors (Lipinski definition) is 3. The van der Waals surface area contributed by atoms with Crippen LogP contribution in [0.4, 0.5) is 0 Å². The van der Waals surface area contributed by atoms with Crippen LogP contribution in [0.3, 0.4) is 0 Å². The Balaban J connectivity index is 2.61. The molecule has 1 rings (SSSR count). The Labute approximate surface area is 101 Å². The number of hydrogen-bond donors (Lipinski definition) is 1. The van der Waals surface area contributed by atoms with E-state index in [9.17, 15) is 4.79 Å². The van der Waals surface area contributed by atoms with Crippen LogP contribution in [0.25, 0.3) is 0 Å². The Kier molecular flexibility index (Phi) is 5.18. The van der Waals surface area contributed by atoms with Gasteiger partial charge in [0.1, 0.15) is 0 Å². The van der Waals surface area contributed by atoms with Crippen molar-refractivity contribution in [3.63, 3.8) is 0 Å². The zero-order valence-electron chi connectivity index (χ0n) is 9.89. The van der Waals surface area contributed by atoms with E-state index in [0.717, 1.165) is 25.2 Å². The zero-order chi connectivity index (χ0) is 12.7. The van der Waals surface area contributed by atoms with Gasteiger partial charge in [0.05, 0.1) is 11.6 Å². The van der Waals surface area contributed by atoms with Crippen molar-refractivity contribution in [2.75, 3.05) is 13.1 Å². The minimum atomic E-state index is -0.909. The van der Waals surface area contributed by atoms with E-state index in [2.05, 4.69) is 11.0 Å². The van der Waals surface area contributed by atoms with E-state index in [1.807, 2.05) is 19.1 Å². The molecule has 4 nitrogen and oxygen atoms in total. The average Bonchev–Trinajstić information content (AvgIpc) is 2.35. The van der Waals surface area contributed by atoms with Gasteiger partial charge >= 0.3 is 5.97 Å². The second-order valence-corrected chi connectivity index (χ2v) is 3.78. The predicted molar refractivity (Wildman–Crippen MR) is 64.6 cm³/mol. The maximum Gasteiger partial charge on any atom is 0.335 e. The summed E-state index contributed by atoms with van der Waals surface area (Å²) in [5.41, 5.74) is 1.36. The van der Waals surface area contributed by atoms with Gasteiger partial charge in [-0.3, -0.25) is 4.90 Å². The van der Waals surface area contributed by atoms with Crippen molar-refractivity contribution >= 4 is 5.97 Å². The number of nitriles is 1. The van der Waals surface area contributed by atoms with Crippen molar-refractivity contribution in [2.24, 2.45) is 0 Å². The van der Waals surface area contributed by atoms with Crippen LogP contribution in [0.1, 0.15) is 29.3 Å². The lowest BCUT2D eigenvalue weighted by atomic mass is 10.1. The van der Waals surface area contributed by atoms with E-state index in [1.54, 1.807) is 12.1 Å². The highest BCUT2D eigenvalue weighted by Crippen LogP contribution is 2.08. The number of aromatic carboxylic acids is 1. The molecule has 0 aliphatic heterocycles. The molecule has 1 aromatic carbocycles. The quantitative estimate of drug-likeness (QED) is 0.816. The first-order chi connectivity index (χ1) is 8.17. The fraction of sp³-hybridized carbons (Fsp3) is 0.385. The summed E-state index contributed by atoms with van der Waals surface area (Å²) in [6, 6.07) is 8.97. The van der Waals surface area contributed by atoms with Crippen LogP contribution in [-0.2, 0) is 6.54 Å². The van der Waals surface area contributed by atoms with E-state index in [-0.39, 0.29) is 0 Å². The van der Waals surface area contributed by atoms with Crippen molar-refractivity contribution < 1.29 is 9.90 Å². The van der Waals surface area contributed by atoms with Crippen LogP contribution in [-0.4, -0.2) is 29.1 Å². The van der Waals surface area contributed by atoms with Gasteiger partial charge in [-0.25, -0.2) is 4.79 Å². The van der Waals surface area contributed by atoms with Gasteiger partial charge < -0.3 is 5.11 Å². The summed E-state index contributed by atoms with van der Waals surface area (Å²) in [5, 5.41) is 17.3. The number of carbonyl (C=O) groups is 1. The molecule has 0 bridgehead atoms. The molecule has 4 heteroatoms. The second kappa shape index (κ2) is 6.66. The van der Waals surface area contributed by atoms with Crippen LogP contribution < -0.4 is 0 Å². The molecule has 1 N–H and O–H groups in total. The number of carboxylic acid groups (broad SMARTS) is 1. The molecule has 0 aliphatic carbocycles. The molecule has 0 spiro atoms. The van der Waals surface area contributed by atoms with Gasteiger partial charge in [0.2, 0.25) is 0 Å². The predicted octanol–water partition coefficient (Wildman–Crippen LogP) is 2.12. The maximum absolute atomic E-state index is 10.7. The van der Waals surface area contributed by atoms with Gasteiger partial charge in [-0.2, -0.15) is 5.26 Å². The van der Waals surface area contributed by atoms with E-state index < -0.39 is 5.97 Å². The first kappa shape index (κ1) is 13.2. The molecule has 0 radical (unpaired) electrons. The Morgan fingerprint density at radius 2 is 2.06 bits per heavy atom. The van der Waals surface area contributed by atoms with E-state index >= 15 is 0 Å². The Morgan fingerprint density at radius 1 is 1.41 bits per heavy atom. The van der Waals surface area contributed by atoms with Crippen molar-refractivity contribution in [2.45, 2.75) is 19.9 Å². The van der Waals surface area contributed by atoms with Gasteiger partial charge in [0.15, 0.2) is 0 Å². The minimum absolute atomic E-state index is 0.300. The first-order valence-electron chi connectivity index (χ1n) is 5.59. The van der Waals surface area contributed by atoms with Crippen LogP contribution in [0.2, 0.25) is 0 Å². The number of rotatable bonds is 6. The third-order valence-corrected chi connectivity index (χ3v) is 2.59. The molecule has 0 fully saturated rings. The lowest BCUT2D eigenvalue weighted by molar-refractivity contribution is 0.0697. The van der Waals surface area contributed by atoms with Crippen LogP contribution in [0, 0.1) is 11.3 Å². The Bertz CT molecular complexity index is 406. The Morgan fingerprint density at radius 3 is 2.53 bits per heavy atom. The fourth-order valence-corrected chi connectivity index (χ4v) is 1.57. The SMILES string of the molecule is CCN(CCC#N)Cc1ccc(C(=O)O)cc1. The minimum Gasteiger partial charge on any atom is -0.478 e. The Hall–Kier alpha value is -1.86. The highest BCUT2D eigenvalue weighted by Gasteiger charge is 2.05. The van der Waals surface area contributed by atoms with Gasteiger partial charge in [0, 0.05) is 19.5 Å². The highest BCUT2D eigenvalue weighted by molar-refractivity contribution is 5.87. The molecule has 0 saturated heterocycles. The molecular formula is C13H16N2O2. The largest absolute Gasteiger partial charge is 0.478 e. The molecule has 0 unspecified atom stereocenters. The normalized spacial score (nSPS) is 10.2. The van der Waals surface area contributed by atoms with Crippen molar-refractivity contribution in [1.29, 1.82) is 5.26 Å². The van der Waals surface area contributed by atoms with E-state index in [1.165, 1.54) is 0 Å². The summed E-state index contributed by atoms with van der Waals surface area (Å²) < 4.78 is 0. The van der Waals surface area contributed by atoms with Gasteiger partial charge in [-0.1, -0.05) is 19.1 Å². The lowest BCUT2D eigenvalue weighted by Crippen LogP contribution is -2.23. The van der Waals surface area contributed by atoms with Crippen molar-refractivity contribution in [1.82, 2.24) is 4.90 Å². The topological polar surface area (TPSA) is 64.3 Å². The van der Waals surface area contributed by atoms with Crippen LogP contribution in [0.15, 0.2) is 24.3 Å². The number of nitrogens with zero attached hydrogens (tertiary/aromatic N) is 2. The van der Waals surface area contributed by atoms with Crippen LogP contribution >= 0.6 is 0 Å². The second-order valence-electron chi connectivity index (χ2n) is 3.78. The summed E-state index contributed by atoms with van der Waals surface area (Å²) >= 11 is 0. The standard InChI is InChI=1S/C13H16N2O2/c1-2-15(9-3-8-14)10-11-4-6-12(7-5-11)13(16)17/h4-7H,2-3,9-10H2,1H3,(H,16,17).